The number of hydrogen-bond donors (Lipinski definition) is 1. The molecule has 0 saturated heterocycles. The first-order valence-corrected chi connectivity index (χ1v) is 9.69. The quantitative estimate of drug-likeness (QED) is 0.738. The number of rotatable bonds is 5. The number of fused-ring (bicyclic) bond motifs is 1. The first-order valence-electron chi connectivity index (χ1n) is 7.68. The van der Waals surface area contributed by atoms with Crippen LogP contribution in [-0.4, -0.2) is 38.1 Å². The Kier molecular flexibility index (Phi) is 5.20. The maximum absolute atomic E-state index is 13.0. The van der Waals surface area contributed by atoms with Crippen molar-refractivity contribution in [1.29, 1.82) is 0 Å². The van der Waals surface area contributed by atoms with Gasteiger partial charge in [0.25, 0.3) is 5.91 Å². The fourth-order valence-corrected chi connectivity index (χ4v) is 4.43. The van der Waals surface area contributed by atoms with Crippen LogP contribution in [0.25, 0.3) is 10.2 Å². The van der Waals surface area contributed by atoms with E-state index >= 15 is 0 Å². The summed E-state index contributed by atoms with van der Waals surface area (Å²) in [6.07, 6.45) is 0. The summed E-state index contributed by atoms with van der Waals surface area (Å²) in [4.78, 5) is 21.4. The average Bonchev–Trinajstić information content (AvgIpc) is 3.14. The summed E-state index contributed by atoms with van der Waals surface area (Å²) in [6, 6.07) is 9.65. The molecule has 0 bridgehead atoms. The Balaban J connectivity index is 1.99. The van der Waals surface area contributed by atoms with Gasteiger partial charge in [-0.05, 0) is 30.7 Å². The molecule has 24 heavy (non-hydrogen) atoms. The van der Waals surface area contributed by atoms with Gasteiger partial charge in [0.05, 0.1) is 46.6 Å². The lowest BCUT2D eigenvalue weighted by Crippen LogP contribution is -3.06. The van der Waals surface area contributed by atoms with Gasteiger partial charge in [-0.1, -0.05) is 35.1 Å². The number of nitrogens with one attached hydrogen (secondary N) is 1. The van der Waals surface area contributed by atoms with E-state index in [4.69, 9.17) is 16.6 Å². The van der Waals surface area contributed by atoms with Gasteiger partial charge in [-0.2, -0.15) is 0 Å². The number of thiophene rings is 1. The molecule has 3 aromatic rings. The van der Waals surface area contributed by atoms with Crippen LogP contribution in [0.2, 0.25) is 4.34 Å². The number of aryl methyl sites for hydroxylation is 1. The number of nitrogens with zero attached hydrogens (tertiary/aromatic N) is 2. The van der Waals surface area contributed by atoms with E-state index in [9.17, 15) is 4.79 Å². The summed E-state index contributed by atoms with van der Waals surface area (Å²) < 4.78 is 1.72. The van der Waals surface area contributed by atoms with Gasteiger partial charge in [0.2, 0.25) is 0 Å². The van der Waals surface area contributed by atoms with Crippen molar-refractivity contribution in [2.45, 2.75) is 6.92 Å². The zero-order chi connectivity index (χ0) is 17.3. The molecular weight excluding hydrogens is 362 g/mol. The summed E-state index contributed by atoms with van der Waals surface area (Å²) in [5, 5.41) is 0.745. The van der Waals surface area contributed by atoms with Gasteiger partial charge in [0, 0.05) is 0 Å². The van der Waals surface area contributed by atoms with E-state index in [-0.39, 0.29) is 5.91 Å². The minimum Gasteiger partial charge on any atom is -0.338 e. The molecule has 1 aromatic carbocycles. The molecule has 7 heteroatoms. The van der Waals surface area contributed by atoms with Crippen LogP contribution in [-0.2, 0) is 0 Å². The van der Waals surface area contributed by atoms with E-state index in [1.54, 1.807) is 28.4 Å². The summed E-state index contributed by atoms with van der Waals surface area (Å²) in [5.74, 6) is -0.0372. The van der Waals surface area contributed by atoms with Gasteiger partial charge in [-0.15, -0.1) is 11.3 Å². The number of carbonyl (C=O) groups excluding carboxylic acids is 1. The Morgan fingerprint density at radius 2 is 2.04 bits per heavy atom. The van der Waals surface area contributed by atoms with Gasteiger partial charge in [-0.3, -0.25) is 9.69 Å². The summed E-state index contributed by atoms with van der Waals surface area (Å²) in [6.45, 7) is 3.51. The second kappa shape index (κ2) is 7.19. The third kappa shape index (κ3) is 3.62. The van der Waals surface area contributed by atoms with Crippen LogP contribution >= 0.6 is 34.3 Å². The number of amides is 1. The molecule has 2 aromatic heterocycles. The lowest BCUT2D eigenvalue weighted by Gasteiger charge is -2.19. The number of thiazole rings is 1. The van der Waals surface area contributed by atoms with Crippen molar-refractivity contribution in [2.24, 2.45) is 0 Å². The summed E-state index contributed by atoms with van der Waals surface area (Å²) in [5.41, 5.74) is 2.09. The van der Waals surface area contributed by atoms with Crippen LogP contribution in [0.4, 0.5) is 5.13 Å². The molecule has 0 aliphatic carbocycles. The molecule has 3 rings (SSSR count). The Morgan fingerprint density at radius 1 is 1.25 bits per heavy atom. The Morgan fingerprint density at radius 3 is 2.67 bits per heavy atom. The van der Waals surface area contributed by atoms with Crippen LogP contribution in [0.5, 0.6) is 0 Å². The smallest absolute Gasteiger partial charge is 0.270 e. The predicted octanol–water partition coefficient (Wildman–Crippen LogP) is 3.11. The van der Waals surface area contributed by atoms with Gasteiger partial charge in [0.15, 0.2) is 5.13 Å². The van der Waals surface area contributed by atoms with Crippen molar-refractivity contribution in [2.75, 3.05) is 32.1 Å². The van der Waals surface area contributed by atoms with Crippen LogP contribution in [0.15, 0.2) is 30.3 Å². The van der Waals surface area contributed by atoms with Crippen LogP contribution < -0.4 is 9.80 Å². The number of halogens is 1. The number of hydrogen-bond acceptors (Lipinski definition) is 4. The van der Waals surface area contributed by atoms with Crippen LogP contribution in [0.1, 0.15) is 15.2 Å². The zero-order valence-electron chi connectivity index (χ0n) is 13.8. The number of benzene rings is 1. The van der Waals surface area contributed by atoms with Crippen molar-refractivity contribution in [1.82, 2.24) is 4.98 Å². The number of anilines is 1. The van der Waals surface area contributed by atoms with E-state index < -0.39 is 0 Å². The van der Waals surface area contributed by atoms with Gasteiger partial charge < -0.3 is 4.90 Å². The minimum atomic E-state index is -0.0372. The lowest BCUT2D eigenvalue weighted by molar-refractivity contribution is -0.856. The minimum absolute atomic E-state index is 0.0372. The molecule has 1 amide bonds. The van der Waals surface area contributed by atoms with Gasteiger partial charge >= 0.3 is 0 Å². The van der Waals surface area contributed by atoms with Gasteiger partial charge in [-0.25, -0.2) is 4.98 Å². The SMILES string of the molecule is Cc1cccc2sc(N(CC[NH+](C)C)C(=O)c3ccc(Cl)s3)nc12. The Hall–Kier alpha value is -1.47. The first kappa shape index (κ1) is 17.4. The molecule has 0 fully saturated rings. The number of likely N-dealkylation sites (N-methyl/N-ethyl adjacent to an activating group) is 1. The molecule has 0 aliphatic heterocycles. The van der Waals surface area contributed by atoms with Gasteiger partial charge in [0.1, 0.15) is 0 Å². The normalized spacial score (nSPS) is 11.4. The van der Waals surface area contributed by atoms with Crippen molar-refractivity contribution >= 4 is 55.5 Å². The zero-order valence-corrected chi connectivity index (χ0v) is 16.2. The van der Waals surface area contributed by atoms with Crippen LogP contribution in [0.3, 0.4) is 0 Å². The second-order valence-corrected chi connectivity index (χ2v) is 8.66. The maximum atomic E-state index is 13.0. The lowest BCUT2D eigenvalue weighted by atomic mass is 10.2. The summed E-state index contributed by atoms with van der Waals surface area (Å²) in [7, 11) is 4.15. The van der Waals surface area contributed by atoms with Crippen molar-refractivity contribution in [3.63, 3.8) is 0 Å². The Bertz CT molecular complexity index is 872. The van der Waals surface area contributed by atoms with Crippen molar-refractivity contribution in [3.05, 3.63) is 45.1 Å². The number of para-hydroxylation sites is 1. The largest absolute Gasteiger partial charge is 0.338 e. The van der Waals surface area contributed by atoms with E-state index in [1.807, 2.05) is 25.1 Å². The molecule has 1 N–H and O–H groups in total. The van der Waals surface area contributed by atoms with E-state index in [0.29, 0.717) is 15.8 Å². The fourth-order valence-electron chi connectivity index (χ4n) is 2.37. The molecule has 0 atom stereocenters. The van der Waals surface area contributed by atoms with E-state index in [0.717, 1.165) is 27.5 Å². The van der Waals surface area contributed by atoms with E-state index in [1.165, 1.54) is 16.2 Å². The highest BCUT2D eigenvalue weighted by Gasteiger charge is 2.23. The highest BCUT2D eigenvalue weighted by Crippen LogP contribution is 2.32. The fraction of sp³-hybridized carbons (Fsp3) is 0.294. The monoisotopic (exact) mass is 380 g/mol. The summed E-state index contributed by atoms with van der Waals surface area (Å²) >= 11 is 8.86. The van der Waals surface area contributed by atoms with Crippen LogP contribution in [0, 0.1) is 6.92 Å². The Labute approximate surface area is 154 Å². The predicted molar refractivity (Wildman–Crippen MR) is 103 cm³/mol. The van der Waals surface area contributed by atoms with Crippen molar-refractivity contribution < 1.29 is 9.69 Å². The number of carbonyl (C=O) groups is 1. The number of aromatic nitrogens is 1. The molecule has 0 aliphatic rings. The topological polar surface area (TPSA) is 37.6 Å². The first-order chi connectivity index (χ1) is 11.5. The third-order valence-electron chi connectivity index (χ3n) is 3.70. The second-order valence-electron chi connectivity index (χ2n) is 5.94. The third-order valence-corrected chi connectivity index (χ3v) is 5.97. The molecule has 126 valence electrons. The number of quaternary nitrogens is 1. The van der Waals surface area contributed by atoms with Crippen molar-refractivity contribution in [3.8, 4) is 0 Å². The molecule has 0 radical (unpaired) electrons. The molecule has 2 heterocycles. The average molecular weight is 381 g/mol. The van der Waals surface area contributed by atoms with E-state index in [2.05, 4.69) is 14.1 Å². The highest BCUT2D eigenvalue weighted by molar-refractivity contribution is 7.22. The molecule has 0 saturated carbocycles. The maximum Gasteiger partial charge on any atom is 0.270 e. The molecule has 4 nitrogen and oxygen atoms in total. The molecule has 0 spiro atoms. The standard InChI is InChI=1S/C17H18ClN3OS2/c1-11-5-4-6-12-15(11)19-17(24-12)21(10-9-20(2)3)16(22)13-7-8-14(18)23-13/h4-8H,9-10H2,1-3H3/p+1. The molecular formula is C17H19ClN3OS2+. The molecule has 0 unspecified atom stereocenters. The highest BCUT2D eigenvalue weighted by atomic mass is 35.5.